The van der Waals surface area contributed by atoms with Gasteiger partial charge in [0, 0.05) is 16.2 Å². The number of rotatable bonds is 5. The van der Waals surface area contributed by atoms with Crippen molar-refractivity contribution in [2.45, 2.75) is 13.0 Å². The van der Waals surface area contributed by atoms with Crippen molar-refractivity contribution in [3.8, 4) is 11.5 Å². The van der Waals surface area contributed by atoms with Crippen LogP contribution < -0.4 is 14.8 Å². The summed E-state index contributed by atoms with van der Waals surface area (Å²) in [5, 5.41) is 3.21. The van der Waals surface area contributed by atoms with Crippen LogP contribution >= 0.6 is 27.5 Å². The molecule has 0 heterocycles. The quantitative estimate of drug-likeness (QED) is 0.824. The maximum Gasteiger partial charge on any atom is 0.265 e. The number of hydrogen-bond acceptors (Lipinski definition) is 3. The number of carbonyl (C=O) groups excluding carboxylic acids is 1. The third kappa shape index (κ3) is 4.39. The molecule has 0 bridgehead atoms. The number of anilines is 1. The third-order valence-corrected chi connectivity index (χ3v) is 3.69. The molecular weight excluding hydrogens is 370 g/mol. The molecule has 0 saturated heterocycles. The average molecular weight is 385 g/mol. The molecule has 2 aromatic carbocycles. The van der Waals surface area contributed by atoms with Crippen LogP contribution in [0.3, 0.4) is 0 Å². The lowest BCUT2D eigenvalue weighted by Crippen LogP contribution is -2.30. The minimum atomic E-state index is -0.690. The maximum atomic E-state index is 12.2. The van der Waals surface area contributed by atoms with Gasteiger partial charge in [-0.15, -0.1) is 0 Å². The molecule has 0 unspecified atom stereocenters. The van der Waals surface area contributed by atoms with E-state index in [4.69, 9.17) is 21.1 Å². The van der Waals surface area contributed by atoms with E-state index in [0.29, 0.717) is 22.2 Å². The number of amides is 1. The molecular formula is C16H15BrClNO3. The number of benzene rings is 2. The van der Waals surface area contributed by atoms with E-state index in [2.05, 4.69) is 21.2 Å². The summed E-state index contributed by atoms with van der Waals surface area (Å²) in [6.07, 6.45) is -0.690. The van der Waals surface area contributed by atoms with Gasteiger partial charge in [0.15, 0.2) is 6.10 Å². The van der Waals surface area contributed by atoms with Gasteiger partial charge in [-0.2, -0.15) is 0 Å². The summed E-state index contributed by atoms with van der Waals surface area (Å²) in [5.74, 6) is 0.854. The molecule has 0 spiro atoms. The average Bonchev–Trinajstić information content (AvgIpc) is 2.50. The van der Waals surface area contributed by atoms with Crippen molar-refractivity contribution in [2.24, 2.45) is 0 Å². The number of carbonyl (C=O) groups is 1. The number of nitrogens with one attached hydrogen (secondary N) is 1. The Morgan fingerprint density at radius 2 is 2.05 bits per heavy atom. The second-order valence-electron chi connectivity index (χ2n) is 4.56. The van der Waals surface area contributed by atoms with Crippen LogP contribution in [0, 0.1) is 0 Å². The van der Waals surface area contributed by atoms with Crippen LogP contribution in [-0.2, 0) is 4.79 Å². The summed E-state index contributed by atoms with van der Waals surface area (Å²) in [7, 11) is 1.57. The highest BCUT2D eigenvalue weighted by atomic mass is 79.9. The summed E-state index contributed by atoms with van der Waals surface area (Å²) in [6, 6.07) is 12.3. The van der Waals surface area contributed by atoms with Crippen molar-refractivity contribution >= 4 is 39.1 Å². The first-order chi connectivity index (χ1) is 10.5. The zero-order chi connectivity index (χ0) is 16.1. The molecule has 2 aromatic rings. The van der Waals surface area contributed by atoms with Gasteiger partial charge in [0.25, 0.3) is 5.91 Å². The van der Waals surface area contributed by atoms with Gasteiger partial charge in [0.2, 0.25) is 0 Å². The predicted octanol–water partition coefficient (Wildman–Crippen LogP) is 4.52. The molecule has 1 amide bonds. The summed E-state index contributed by atoms with van der Waals surface area (Å²) in [4.78, 5) is 12.2. The number of methoxy groups -OCH3 is 1. The summed E-state index contributed by atoms with van der Waals surface area (Å²) in [5.41, 5.74) is 0.640. The summed E-state index contributed by atoms with van der Waals surface area (Å²) in [6.45, 7) is 1.66. The number of hydrogen-bond donors (Lipinski definition) is 1. The van der Waals surface area contributed by atoms with Crippen molar-refractivity contribution in [1.29, 1.82) is 0 Å². The molecule has 0 radical (unpaired) electrons. The van der Waals surface area contributed by atoms with Gasteiger partial charge in [-0.25, -0.2) is 0 Å². The van der Waals surface area contributed by atoms with Crippen LogP contribution in [0.15, 0.2) is 46.9 Å². The molecule has 2 rings (SSSR count). The largest absolute Gasteiger partial charge is 0.497 e. The summed E-state index contributed by atoms with van der Waals surface area (Å²) >= 11 is 9.39. The molecule has 6 heteroatoms. The normalized spacial score (nSPS) is 11.6. The van der Waals surface area contributed by atoms with E-state index in [1.165, 1.54) is 0 Å². The molecule has 1 N–H and O–H groups in total. The molecule has 22 heavy (non-hydrogen) atoms. The monoisotopic (exact) mass is 383 g/mol. The van der Waals surface area contributed by atoms with E-state index in [9.17, 15) is 4.79 Å². The minimum Gasteiger partial charge on any atom is -0.497 e. The second kappa shape index (κ2) is 7.51. The Hall–Kier alpha value is -1.72. The fourth-order valence-electron chi connectivity index (χ4n) is 1.76. The van der Waals surface area contributed by atoms with E-state index in [-0.39, 0.29) is 5.91 Å². The minimum absolute atomic E-state index is 0.271. The predicted molar refractivity (Wildman–Crippen MR) is 90.9 cm³/mol. The number of halogens is 2. The molecule has 4 nitrogen and oxygen atoms in total. The second-order valence-corrected chi connectivity index (χ2v) is 5.88. The van der Waals surface area contributed by atoms with Crippen LogP contribution in [0.1, 0.15) is 6.92 Å². The Balaban J connectivity index is 2.02. The van der Waals surface area contributed by atoms with Gasteiger partial charge in [-0.3, -0.25) is 4.79 Å². The Bertz CT molecular complexity index is 678. The van der Waals surface area contributed by atoms with Crippen LogP contribution in [0.25, 0.3) is 0 Å². The van der Waals surface area contributed by atoms with Crippen molar-refractivity contribution in [2.75, 3.05) is 12.4 Å². The van der Waals surface area contributed by atoms with Crippen LogP contribution in [0.5, 0.6) is 11.5 Å². The van der Waals surface area contributed by atoms with E-state index >= 15 is 0 Å². The first-order valence-electron chi connectivity index (χ1n) is 6.56. The van der Waals surface area contributed by atoms with Crippen LogP contribution in [0.4, 0.5) is 5.69 Å². The van der Waals surface area contributed by atoms with E-state index in [1.54, 1.807) is 56.5 Å². The highest BCUT2D eigenvalue weighted by Gasteiger charge is 2.16. The zero-order valence-electron chi connectivity index (χ0n) is 12.1. The van der Waals surface area contributed by atoms with Crippen molar-refractivity contribution in [3.63, 3.8) is 0 Å². The number of ether oxygens (including phenoxy) is 2. The molecule has 0 aromatic heterocycles. The lowest BCUT2D eigenvalue weighted by atomic mass is 10.2. The fourth-order valence-corrected chi connectivity index (χ4v) is 2.48. The van der Waals surface area contributed by atoms with Gasteiger partial charge < -0.3 is 14.8 Å². The van der Waals surface area contributed by atoms with Gasteiger partial charge in [0.1, 0.15) is 11.5 Å². The van der Waals surface area contributed by atoms with Crippen LogP contribution in [-0.4, -0.2) is 19.1 Å². The summed E-state index contributed by atoms with van der Waals surface area (Å²) < 4.78 is 11.6. The van der Waals surface area contributed by atoms with Gasteiger partial charge in [-0.1, -0.05) is 33.6 Å². The Labute approximate surface area is 142 Å². The molecule has 0 aliphatic rings. The van der Waals surface area contributed by atoms with Crippen molar-refractivity contribution < 1.29 is 14.3 Å². The smallest absolute Gasteiger partial charge is 0.265 e. The fraction of sp³-hybridized carbons (Fsp3) is 0.188. The lowest BCUT2D eigenvalue weighted by molar-refractivity contribution is -0.122. The SMILES string of the molecule is COc1cccc(NC(=O)[C@H](C)Oc2ccc(Br)cc2Cl)c1. The standard InChI is InChI=1S/C16H15BrClNO3/c1-10(22-15-7-6-11(17)8-14(15)18)16(20)19-12-4-3-5-13(9-12)21-2/h3-10H,1-2H3,(H,19,20)/t10-/m0/s1. The molecule has 0 saturated carbocycles. The third-order valence-electron chi connectivity index (χ3n) is 2.90. The highest BCUT2D eigenvalue weighted by Crippen LogP contribution is 2.28. The molecule has 0 fully saturated rings. The maximum absolute atomic E-state index is 12.2. The van der Waals surface area contributed by atoms with Crippen molar-refractivity contribution in [3.05, 3.63) is 52.0 Å². The molecule has 0 aliphatic carbocycles. The Kier molecular flexibility index (Phi) is 5.69. The van der Waals surface area contributed by atoms with Crippen molar-refractivity contribution in [1.82, 2.24) is 0 Å². The first kappa shape index (κ1) is 16.6. The van der Waals surface area contributed by atoms with E-state index in [0.717, 1.165) is 4.47 Å². The Morgan fingerprint density at radius 1 is 1.27 bits per heavy atom. The molecule has 1 atom stereocenters. The van der Waals surface area contributed by atoms with Gasteiger partial charge in [-0.05, 0) is 37.3 Å². The zero-order valence-corrected chi connectivity index (χ0v) is 14.4. The molecule has 0 aliphatic heterocycles. The topological polar surface area (TPSA) is 47.6 Å². The van der Waals surface area contributed by atoms with Crippen LogP contribution in [0.2, 0.25) is 5.02 Å². The van der Waals surface area contributed by atoms with E-state index in [1.807, 2.05) is 0 Å². The van der Waals surface area contributed by atoms with E-state index < -0.39 is 6.10 Å². The van der Waals surface area contributed by atoms with Gasteiger partial charge in [0.05, 0.1) is 12.1 Å². The lowest BCUT2D eigenvalue weighted by Gasteiger charge is -2.16. The van der Waals surface area contributed by atoms with Gasteiger partial charge >= 0.3 is 0 Å². The first-order valence-corrected chi connectivity index (χ1v) is 7.73. The Morgan fingerprint density at radius 3 is 2.73 bits per heavy atom. The molecule has 116 valence electrons. The highest BCUT2D eigenvalue weighted by molar-refractivity contribution is 9.10.